The van der Waals surface area contributed by atoms with Crippen molar-refractivity contribution in [2.75, 3.05) is 5.32 Å². The molecule has 0 aromatic heterocycles. The van der Waals surface area contributed by atoms with E-state index in [-0.39, 0.29) is 0 Å². The quantitative estimate of drug-likeness (QED) is 0.786. The van der Waals surface area contributed by atoms with Gasteiger partial charge in [-0.3, -0.25) is 0 Å². The molecule has 0 heterocycles. The lowest BCUT2D eigenvalue weighted by Gasteiger charge is -2.23. The Labute approximate surface area is 122 Å². The zero-order chi connectivity index (χ0) is 13.8. The number of hydrogen-bond donors (Lipinski definition) is 1. The van der Waals surface area contributed by atoms with Crippen LogP contribution in [0.15, 0.2) is 54.6 Å². The van der Waals surface area contributed by atoms with Gasteiger partial charge in [0.1, 0.15) is 0 Å². The topological polar surface area (TPSA) is 12.0 Å². The number of rotatable bonds is 4. The van der Waals surface area contributed by atoms with Crippen LogP contribution in [0.2, 0.25) is 0 Å². The molecule has 0 aliphatic heterocycles. The van der Waals surface area contributed by atoms with Gasteiger partial charge in [0, 0.05) is 17.3 Å². The highest BCUT2D eigenvalue weighted by Gasteiger charge is 2.21. The summed E-state index contributed by atoms with van der Waals surface area (Å²) >= 11 is 0. The first-order chi connectivity index (χ1) is 9.84. The number of hydrogen-bond acceptors (Lipinski definition) is 1. The van der Waals surface area contributed by atoms with Crippen molar-refractivity contribution in [1.82, 2.24) is 0 Å². The molecule has 2 aromatic carbocycles. The Morgan fingerprint density at radius 1 is 0.900 bits per heavy atom. The molecule has 1 nitrogen and oxygen atoms in total. The largest absolute Gasteiger partial charge is 0.382 e. The summed E-state index contributed by atoms with van der Waals surface area (Å²) in [5.74, 6) is 0.832. The lowest BCUT2D eigenvalue weighted by molar-refractivity contribution is 0.482. The Balaban J connectivity index is 1.83. The lowest BCUT2D eigenvalue weighted by Crippen LogP contribution is -2.24. The van der Waals surface area contributed by atoms with Gasteiger partial charge in [0.2, 0.25) is 0 Å². The fraction of sp³-hybridized carbons (Fsp3) is 0.368. The molecular formula is C19H23N. The Morgan fingerprint density at radius 2 is 1.55 bits per heavy atom. The van der Waals surface area contributed by atoms with E-state index in [0.717, 1.165) is 5.92 Å². The van der Waals surface area contributed by atoms with Gasteiger partial charge in [-0.05, 0) is 37.3 Å². The molecule has 0 spiro atoms. The van der Waals surface area contributed by atoms with Gasteiger partial charge in [-0.25, -0.2) is 0 Å². The predicted molar refractivity (Wildman–Crippen MR) is 86.9 cm³/mol. The molecular weight excluding hydrogens is 242 g/mol. The number of benzene rings is 2. The van der Waals surface area contributed by atoms with Crippen LogP contribution in [0.1, 0.15) is 32.6 Å². The number of para-hydroxylation sites is 1. The van der Waals surface area contributed by atoms with Crippen molar-refractivity contribution in [1.29, 1.82) is 0 Å². The minimum Gasteiger partial charge on any atom is -0.382 e. The van der Waals surface area contributed by atoms with Crippen LogP contribution in [-0.4, -0.2) is 6.04 Å². The van der Waals surface area contributed by atoms with Gasteiger partial charge in [0.05, 0.1) is 0 Å². The minimum atomic E-state index is 0.558. The number of anilines is 1. The molecule has 3 rings (SSSR count). The third kappa shape index (κ3) is 2.87. The molecule has 1 saturated carbocycles. The summed E-state index contributed by atoms with van der Waals surface area (Å²) in [5, 5.41) is 3.75. The van der Waals surface area contributed by atoms with Crippen LogP contribution in [0.5, 0.6) is 0 Å². The van der Waals surface area contributed by atoms with Crippen molar-refractivity contribution in [3.05, 3.63) is 54.6 Å². The highest BCUT2D eigenvalue weighted by Crippen LogP contribution is 2.32. The van der Waals surface area contributed by atoms with Gasteiger partial charge in [0.25, 0.3) is 0 Å². The highest BCUT2D eigenvalue weighted by molar-refractivity contribution is 5.77. The van der Waals surface area contributed by atoms with E-state index in [1.165, 1.54) is 42.5 Å². The fourth-order valence-electron chi connectivity index (χ4n) is 3.30. The van der Waals surface area contributed by atoms with Crippen molar-refractivity contribution in [2.45, 2.75) is 38.6 Å². The van der Waals surface area contributed by atoms with Crippen LogP contribution in [0, 0.1) is 5.92 Å². The summed E-state index contributed by atoms with van der Waals surface area (Å²) in [6, 6.07) is 19.8. The van der Waals surface area contributed by atoms with Gasteiger partial charge in [-0.2, -0.15) is 0 Å². The predicted octanol–water partition coefficient (Wildman–Crippen LogP) is 5.34. The Hall–Kier alpha value is -1.76. The molecule has 0 radical (unpaired) electrons. The lowest BCUT2D eigenvalue weighted by atomic mass is 9.98. The summed E-state index contributed by atoms with van der Waals surface area (Å²) in [5.41, 5.74) is 3.85. The highest BCUT2D eigenvalue weighted by atomic mass is 14.9. The van der Waals surface area contributed by atoms with E-state index < -0.39 is 0 Å². The Kier molecular flexibility index (Phi) is 4.05. The van der Waals surface area contributed by atoms with E-state index in [4.69, 9.17) is 0 Å². The van der Waals surface area contributed by atoms with Crippen LogP contribution in [0.25, 0.3) is 11.1 Å². The Morgan fingerprint density at radius 3 is 2.30 bits per heavy atom. The average Bonchev–Trinajstić information content (AvgIpc) is 3.03. The van der Waals surface area contributed by atoms with E-state index in [0.29, 0.717) is 6.04 Å². The van der Waals surface area contributed by atoms with Crippen molar-refractivity contribution < 1.29 is 0 Å². The Bertz CT molecular complexity index is 541. The molecule has 1 fully saturated rings. The third-order valence-corrected chi connectivity index (χ3v) is 4.50. The molecule has 1 heteroatoms. The van der Waals surface area contributed by atoms with E-state index in [1.807, 2.05) is 0 Å². The van der Waals surface area contributed by atoms with Crippen LogP contribution >= 0.6 is 0 Å². The fourth-order valence-corrected chi connectivity index (χ4v) is 3.30. The maximum absolute atomic E-state index is 3.75. The first kappa shape index (κ1) is 13.2. The second-order valence-electron chi connectivity index (χ2n) is 5.89. The molecule has 1 aliphatic rings. The second kappa shape index (κ2) is 6.13. The number of nitrogens with one attached hydrogen (secondary N) is 1. The molecule has 20 heavy (non-hydrogen) atoms. The first-order valence-corrected chi connectivity index (χ1v) is 7.75. The SMILES string of the molecule is CC(Nc1ccccc1-c1ccccc1)C1CCCC1. The maximum atomic E-state index is 3.75. The van der Waals surface area contributed by atoms with Gasteiger partial charge >= 0.3 is 0 Å². The van der Waals surface area contributed by atoms with Crippen molar-refractivity contribution in [3.8, 4) is 11.1 Å². The van der Waals surface area contributed by atoms with Gasteiger partial charge in [-0.15, -0.1) is 0 Å². The van der Waals surface area contributed by atoms with Gasteiger partial charge in [-0.1, -0.05) is 61.4 Å². The summed E-state index contributed by atoms with van der Waals surface area (Å²) in [4.78, 5) is 0. The van der Waals surface area contributed by atoms with Crippen molar-refractivity contribution >= 4 is 5.69 Å². The standard InChI is InChI=1S/C19H23N/c1-15(16-9-5-6-10-16)20-19-14-8-7-13-18(19)17-11-3-2-4-12-17/h2-4,7-8,11-16,20H,5-6,9-10H2,1H3. The molecule has 0 saturated heterocycles. The molecule has 0 bridgehead atoms. The average molecular weight is 265 g/mol. The summed E-state index contributed by atoms with van der Waals surface area (Å²) in [7, 11) is 0. The van der Waals surface area contributed by atoms with E-state index >= 15 is 0 Å². The van der Waals surface area contributed by atoms with E-state index in [1.54, 1.807) is 0 Å². The molecule has 2 aromatic rings. The van der Waals surface area contributed by atoms with E-state index in [9.17, 15) is 0 Å². The van der Waals surface area contributed by atoms with Crippen LogP contribution in [-0.2, 0) is 0 Å². The van der Waals surface area contributed by atoms with Crippen LogP contribution in [0.3, 0.4) is 0 Å². The zero-order valence-corrected chi connectivity index (χ0v) is 12.2. The summed E-state index contributed by atoms with van der Waals surface area (Å²) in [6.07, 6.45) is 5.55. The summed E-state index contributed by atoms with van der Waals surface area (Å²) in [6.45, 7) is 2.33. The maximum Gasteiger partial charge on any atom is 0.0422 e. The molecule has 1 unspecified atom stereocenters. The van der Waals surface area contributed by atoms with Crippen molar-refractivity contribution in [2.24, 2.45) is 5.92 Å². The second-order valence-corrected chi connectivity index (χ2v) is 5.89. The normalized spacial score (nSPS) is 17.1. The summed E-state index contributed by atoms with van der Waals surface area (Å²) < 4.78 is 0. The monoisotopic (exact) mass is 265 g/mol. The molecule has 104 valence electrons. The molecule has 1 atom stereocenters. The van der Waals surface area contributed by atoms with Crippen molar-refractivity contribution in [3.63, 3.8) is 0 Å². The van der Waals surface area contributed by atoms with Gasteiger partial charge in [0.15, 0.2) is 0 Å². The van der Waals surface area contributed by atoms with Crippen LogP contribution < -0.4 is 5.32 Å². The molecule has 0 amide bonds. The smallest absolute Gasteiger partial charge is 0.0422 e. The zero-order valence-electron chi connectivity index (χ0n) is 12.2. The third-order valence-electron chi connectivity index (χ3n) is 4.50. The minimum absolute atomic E-state index is 0.558. The molecule has 1 N–H and O–H groups in total. The van der Waals surface area contributed by atoms with Gasteiger partial charge < -0.3 is 5.32 Å². The van der Waals surface area contributed by atoms with E-state index in [2.05, 4.69) is 66.8 Å². The van der Waals surface area contributed by atoms with Crippen LogP contribution in [0.4, 0.5) is 5.69 Å². The first-order valence-electron chi connectivity index (χ1n) is 7.75. The molecule has 1 aliphatic carbocycles.